The molecule has 0 bridgehead atoms. The fraction of sp³-hybridized carbons (Fsp3) is 1.00. The van der Waals surface area contributed by atoms with Crippen LogP contribution in [-0.2, 0) is 9.47 Å². The summed E-state index contributed by atoms with van der Waals surface area (Å²) in [6.45, 7) is 7.53. The molecule has 1 rings (SSSR count). The molecule has 1 saturated carbocycles. The molecule has 0 aliphatic heterocycles. The third kappa shape index (κ3) is 8.55. The molecule has 1 aliphatic rings. The highest BCUT2D eigenvalue weighted by atomic mass is 16.5. The topological polar surface area (TPSA) is 41.9 Å². The second-order valence-corrected chi connectivity index (χ2v) is 5.32. The van der Waals surface area contributed by atoms with Crippen LogP contribution in [0.5, 0.6) is 0 Å². The maximum atomic E-state index is 9.72. The average molecular weight is 245 g/mol. The molecule has 0 spiro atoms. The standard InChI is InChI=1S/C13H27NO3/c1-11(2)17-10-13(15)8-14(3)6-7-16-9-12-4-5-12/h11-13,15H,4-10H2,1-3H3. The largest absolute Gasteiger partial charge is 0.389 e. The molecule has 17 heavy (non-hydrogen) atoms. The van der Waals surface area contributed by atoms with Gasteiger partial charge in [-0.3, -0.25) is 0 Å². The predicted molar refractivity (Wildman–Crippen MR) is 68.1 cm³/mol. The van der Waals surface area contributed by atoms with Gasteiger partial charge in [-0.25, -0.2) is 0 Å². The molecule has 0 amide bonds. The van der Waals surface area contributed by atoms with Crippen molar-refractivity contribution in [1.82, 2.24) is 4.90 Å². The number of likely N-dealkylation sites (N-methyl/N-ethyl adjacent to an activating group) is 1. The fourth-order valence-electron chi connectivity index (χ4n) is 1.56. The molecule has 0 saturated heterocycles. The molecule has 1 unspecified atom stereocenters. The van der Waals surface area contributed by atoms with Gasteiger partial charge in [0.05, 0.1) is 25.4 Å². The monoisotopic (exact) mass is 245 g/mol. The van der Waals surface area contributed by atoms with Crippen LogP contribution in [0.1, 0.15) is 26.7 Å². The minimum Gasteiger partial charge on any atom is -0.389 e. The summed E-state index contributed by atoms with van der Waals surface area (Å²) in [5, 5.41) is 9.72. The zero-order valence-electron chi connectivity index (χ0n) is 11.4. The van der Waals surface area contributed by atoms with Crippen molar-refractivity contribution < 1.29 is 14.6 Å². The highest BCUT2D eigenvalue weighted by Gasteiger charge is 2.21. The summed E-state index contributed by atoms with van der Waals surface area (Å²) in [5.74, 6) is 0.824. The van der Waals surface area contributed by atoms with Gasteiger partial charge in [-0.1, -0.05) is 0 Å². The van der Waals surface area contributed by atoms with Crippen LogP contribution in [0.2, 0.25) is 0 Å². The van der Waals surface area contributed by atoms with Crippen LogP contribution in [0, 0.1) is 5.92 Å². The van der Waals surface area contributed by atoms with Crippen LogP contribution in [0.15, 0.2) is 0 Å². The number of hydrogen-bond donors (Lipinski definition) is 1. The summed E-state index contributed by atoms with van der Waals surface area (Å²) in [4.78, 5) is 2.08. The van der Waals surface area contributed by atoms with Crippen molar-refractivity contribution in [2.45, 2.75) is 38.9 Å². The van der Waals surface area contributed by atoms with Gasteiger partial charge >= 0.3 is 0 Å². The average Bonchev–Trinajstić information content (AvgIpc) is 3.05. The molecule has 0 aromatic rings. The molecule has 1 N–H and O–H groups in total. The van der Waals surface area contributed by atoms with E-state index >= 15 is 0 Å². The van der Waals surface area contributed by atoms with Gasteiger partial charge in [-0.2, -0.15) is 0 Å². The third-order valence-electron chi connectivity index (χ3n) is 2.81. The van der Waals surface area contributed by atoms with Crippen LogP contribution in [0.4, 0.5) is 0 Å². The lowest BCUT2D eigenvalue weighted by molar-refractivity contribution is -0.00863. The van der Waals surface area contributed by atoms with E-state index < -0.39 is 6.10 Å². The van der Waals surface area contributed by atoms with Crippen LogP contribution < -0.4 is 0 Å². The number of nitrogens with zero attached hydrogens (tertiary/aromatic N) is 1. The van der Waals surface area contributed by atoms with Crippen molar-refractivity contribution in [3.05, 3.63) is 0 Å². The molecular weight excluding hydrogens is 218 g/mol. The number of ether oxygens (including phenoxy) is 2. The summed E-state index contributed by atoms with van der Waals surface area (Å²) in [7, 11) is 2.00. The van der Waals surface area contributed by atoms with Crippen molar-refractivity contribution in [2.75, 3.05) is 40.0 Å². The Morgan fingerprint density at radius 1 is 1.35 bits per heavy atom. The van der Waals surface area contributed by atoms with Gasteiger partial charge in [0.25, 0.3) is 0 Å². The van der Waals surface area contributed by atoms with E-state index in [2.05, 4.69) is 4.90 Å². The molecule has 0 aromatic heterocycles. The maximum Gasteiger partial charge on any atom is 0.0900 e. The smallest absolute Gasteiger partial charge is 0.0900 e. The zero-order valence-corrected chi connectivity index (χ0v) is 11.4. The second-order valence-electron chi connectivity index (χ2n) is 5.32. The predicted octanol–water partition coefficient (Wildman–Crippen LogP) is 1.13. The summed E-state index contributed by atoms with van der Waals surface area (Å²) in [5.41, 5.74) is 0. The minimum absolute atomic E-state index is 0.178. The summed E-state index contributed by atoms with van der Waals surface area (Å²) in [6.07, 6.45) is 2.44. The lowest BCUT2D eigenvalue weighted by Crippen LogP contribution is -2.34. The first-order valence-corrected chi connectivity index (χ1v) is 6.64. The van der Waals surface area contributed by atoms with E-state index in [1.54, 1.807) is 0 Å². The van der Waals surface area contributed by atoms with Crippen molar-refractivity contribution in [2.24, 2.45) is 5.92 Å². The van der Waals surface area contributed by atoms with Gasteiger partial charge in [0.2, 0.25) is 0 Å². The Bertz CT molecular complexity index is 195. The van der Waals surface area contributed by atoms with Crippen LogP contribution in [0.3, 0.4) is 0 Å². The minimum atomic E-state index is -0.411. The van der Waals surface area contributed by atoms with Crippen LogP contribution >= 0.6 is 0 Å². The Kier molecular flexibility index (Phi) is 7.04. The van der Waals surface area contributed by atoms with E-state index in [1.165, 1.54) is 12.8 Å². The van der Waals surface area contributed by atoms with E-state index in [4.69, 9.17) is 9.47 Å². The molecule has 4 heteroatoms. The van der Waals surface area contributed by atoms with E-state index in [0.717, 1.165) is 25.7 Å². The second kappa shape index (κ2) is 8.03. The van der Waals surface area contributed by atoms with E-state index in [-0.39, 0.29) is 6.10 Å². The molecule has 102 valence electrons. The Hall–Kier alpha value is -0.160. The molecule has 1 fully saturated rings. The van der Waals surface area contributed by atoms with E-state index in [1.807, 2.05) is 20.9 Å². The normalized spacial score (nSPS) is 18.0. The highest BCUT2D eigenvalue weighted by Crippen LogP contribution is 2.28. The molecule has 0 aromatic carbocycles. The Labute approximate surface area is 105 Å². The molecule has 1 atom stereocenters. The molecular formula is C13H27NO3. The molecule has 1 aliphatic carbocycles. The van der Waals surface area contributed by atoms with Crippen molar-refractivity contribution in [1.29, 1.82) is 0 Å². The third-order valence-corrected chi connectivity index (χ3v) is 2.81. The molecule has 0 radical (unpaired) electrons. The van der Waals surface area contributed by atoms with Gasteiger partial charge in [-0.05, 0) is 39.7 Å². The molecule has 0 heterocycles. The van der Waals surface area contributed by atoms with Gasteiger partial charge in [-0.15, -0.1) is 0 Å². The zero-order chi connectivity index (χ0) is 12.7. The quantitative estimate of drug-likeness (QED) is 0.586. The molecule has 4 nitrogen and oxygen atoms in total. The van der Waals surface area contributed by atoms with E-state index in [0.29, 0.717) is 13.2 Å². The first kappa shape index (κ1) is 14.9. The maximum absolute atomic E-state index is 9.72. The Morgan fingerprint density at radius 3 is 2.65 bits per heavy atom. The van der Waals surface area contributed by atoms with Gasteiger partial charge in [0, 0.05) is 19.7 Å². The summed E-state index contributed by atoms with van der Waals surface area (Å²) in [6, 6.07) is 0. The van der Waals surface area contributed by atoms with Gasteiger partial charge in [0.1, 0.15) is 0 Å². The van der Waals surface area contributed by atoms with Gasteiger partial charge < -0.3 is 19.5 Å². The lowest BCUT2D eigenvalue weighted by Gasteiger charge is -2.21. The lowest BCUT2D eigenvalue weighted by atomic mass is 10.3. The van der Waals surface area contributed by atoms with Gasteiger partial charge in [0.15, 0.2) is 0 Å². The SMILES string of the molecule is CC(C)OCC(O)CN(C)CCOCC1CC1. The fourth-order valence-corrected chi connectivity index (χ4v) is 1.56. The highest BCUT2D eigenvalue weighted by molar-refractivity contribution is 4.72. The number of aliphatic hydroxyl groups excluding tert-OH is 1. The van der Waals surface area contributed by atoms with Crippen LogP contribution in [-0.4, -0.2) is 62.2 Å². The Balaban J connectivity index is 1.92. The Morgan fingerprint density at radius 2 is 2.06 bits per heavy atom. The number of hydrogen-bond acceptors (Lipinski definition) is 4. The summed E-state index contributed by atoms with van der Waals surface area (Å²) >= 11 is 0. The van der Waals surface area contributed by atoms with Crippen molar-refractivity contribution in [3.8, 4) is 0 Å². The summed E-state index contributed by atoms with van der Waals surface area (Å²) < 4.78 is 10.9. The first-order valence-electron chi connectivity index (χ1n) is 6.64. The number of aliphatic hydroxyl groups is 1. The van der Waals surface area contributed by atoms with Crippen molar-refractivity contribution >= 4 is 0 Å². The van der Waals surface area contributed by atoms with Crippen molar-refractivity contribution in [3.63, 3.8) is 0 Å². The van der Waals surface area contributed by atoms with Crippen LogP contribution in [0.25, 0.3) is 0 Å². The number of rotatable bonds is 10. The van der Waals surface area contributed by atoms with E-state index in [9.17, 15) is 5.11 Å². The first-order chi connectivity index (χ1) is 8.08.